The largest absolute Gasteiger partial charge is 0.493 e. The monoisotopic (exact) mass is 356 g/mol. The van der Waals surface area contributed by atoms with Crippen molar-refractivity contribution in [2.75, 3.05) is 26.8 Å². The van der Waals surface area contributed by atoms with Crippen LogP contribution in [0.1, 0.15) is 25.5 Å². The smallest absolute Gasteiger partial charge is 0.234 e. The van der Waals surface area contributed by atoms with E-state index in [1.807, 2.05) is 42.5 Å². The third-order valence-corrected chi connectivity index (χ3v) is 4.06. The lowest BCUT2D eigenvalue weighted by atomic mass is 9.96. The van der Waals surface area contributed by atoms with E-state index < -0.39 is 0 Å². The molecule has 1 amide bonds. The van der Waals surface area contributed by atoms with E-state index in [2.05, 4.69) is 36.6 Å². The van der Waals surface area contributed by atoms with Gasteiger partial charge in [0.25, 0.3) is 0 Å². The summed E-state index contributed by atoms with van der Waals surface area (Å²) >= 11 is 0. The highest BCUT2D eigenvalue weighted by Crippen LogP contribution is 2.25. The first-order chi connectivity index (χ1) is 12.6. The van der Waals surface area contributed by atoms with Crippen LogP contribution in [-0.2, 0) is 4.79 Å². The van der Waals surface area contributed by atoms with Crippen molar-refractivity contribution in [1.82, 2.24) is 10.6 Å². The Morgan fingerprint density at radius 1 is 1.00 bits per heavy atom. The number of benzene rings is 2. The lowest BCUT2D eigenvalue weighted by molar-refractivity contribution is -0.120. The highest BCUT2D eigenvalue weighted by Gasteiger charge is 2.16. The number of hydrogen-bond acceptors (Lipinski definition) is 4. The fraction of sp³-hybridized carbons (Fsp3) is 0.381. The van der Waals surface area contributed by atoms with E-state index in [0.29, 0.717) is 30.6 Å². The predicted molar refractivity (Wildman–Crippen MR) is 104 cm³/mol. The standard InChI is InChI=1S/C21H28N2O3/c1-16(2)21(17-9-5-4-6-10-17)23-15-20(24)22-13-14-26-19-12-8-7-11-18(19)25-3/h4-12,16,21,23H,13-15H2,1-3H3,(H,22,24)/t21-/m1/s1. The summed E-state index contributed by atoms with van der Waals surface area (Å²) in [6.07, 6.45) is 0. The summed E-state index contributed by atoms with van der Waals surface area (Å²) in [6, 6.07) is 17.8. The van der Waals surface area contributed by atoms with Gasteiger partial charge in [0, 0.05) is 6.04 Å². The zero-order chi connectivity index (χ0) is 18.8. The third kappa shape index (κ3) is 6.08. The van der Waals surface area contributed by atoms with E-state index in [1.165, 1.54) is 5.56 Å². The van der Waals surface area contributed by atoms with Crippen LogP contribution in [-0.4, -0.2) is 32.7 Å². The molecule has 5 heteroatoms. The zero-order valence-electron chi connectivity index (χ0n) is 15.7. The highest BCUT2D eigenvalue weighted by molar-refractivity contribution is 5.78. The van der Waals surface area contributed by atoms with Crippen LogP contribution in [0.5, 0.6) is 11.5 Å². The molecule has 0 unspecified atom stereocenters. The van der Waals surface area contributed by atoms with Crippen molar-refractivity contribution in [3.8, 4) is 11.5 Å². The number of amides is 1. The third-order valence-electron chi connectivity index (χ3n) is 4.06. The van der Waals surface area contributed by atoms with Crippen molar-refractivity contribution >= 4 is 5.91 Å². The highest BCUT2D eigenvalue weighted by atomic mass is 16.5. The fourth-order valence-electron chi connectivity index (χ4n) is 2.75. The zero-order valence-corrected chi connectivity index (χ0v) is 15.7. The minimum absolute atomic E-state index is 0.0461. The van der Waals surface area contributed by atoms with Crippen LogP contribution >= 0.6 is 0 Å². The average molecular weight is 356 g/mol. The molecule has 2 N–H and O–H groups in total. The van der Waals surface area contributed by atoms with Gasteiger partial charge in [-0.25, -0.2) is 0 Å². The molecule has 0 aliphatic heterocycles. The Labute approximate surface area is 155 Å². The maximum atomic E-state index is 12.1. The first kappa shape index (κ1) is 19.8. The molecule has 0 aliphatic carbocycles. The molecule has 0 radical (unpaired) electrons. The molecular formula is C21H28N2O3. The summed E-state index contributed by atoms with van der Waals surface area (Å²) < 4.78 is 10.9. The molecule has 0 spiro atoms. The number of para-hydroxylation sites is 2. The summed E-state index contributed by atoms with van der Waals surface area (Å²) in [5.74, 6) is 1.70. The number of carbonyl (C=O) groups excluding carboxylic acids is 1. The van der Waals surface area contributed by atoms with Crippen LogP contribution < -0.4 is 20.1 Å². The fourth-order valence-corrected chi connectivity index (χ4v) is 2.75. The van der Waals surface area contributed by atoms with Crippen molar-refractivity contribution in [1.29, 1.82) is 0 Å². The van der Waals surface area contributed by atoms with Crippen LogP contribution in [0, 0.1) is 5.92 Å². The quantitative estimate of drug-likeness (QED) is 0.642. The number of nitrogens with one attached hydrogen (secondary N) is 2. The van der Waals surface area contributed by atoms with Gasteiger partial charge in [-0.1, -0.05) is 56.3 Å². The van der Waals surface area contributed by atoms with Crippen LogP contribution in [0.25, 0.3) is 0 Å². The molecule has 2 rings (SSSR count). The Hall–Kier alpha value is -2.53. The molecule has 0 fully saturated rings. The molecule has 0 aromatic heterocycles. The van der Waals surface area contributed by atoms with Gasteiger partial charge in [0.15, 0.2) is 11.5 Å². The van der Waals surface area contributed by atoms with Crippen LogP contribution in [0.4, 0.5) is 0 Å². The molecule has 140 valence electrons. The van der Waals surface area contributed by atoms with Crippen molar-refractivity contribution in [3.05, 3.63) is 60.2 Å². The minimum Gasteiger partial charge on any atom is -0.493 e. The van der Waals surface area contributed by atoms with Crippen LogP contribution in [0.15, 0.2) is 54.6 Å². The molecule has 2 aromatic rings. The van der Waals surface area contributed by atoms with Crippen molar-refractivity contribution in [3.63, 3.8) is 0 Å². The second-order valence-corrected chi connectivity index (χ2v) is 6.36. The van der Waals surface area contributed by atoms with E-state index >= 15 is 0 Å². The Morgan fingerprint density at radius 3 is 2.31 bits per heavy atom. The first-order valence-electron chi connectivity index (χ1n) is 8.92. The maximum absolute atomic E-state index is 12.1. The Balaban J connectivity index is 1.73. The molecule has 1 atom stereocenters. The summed E-state index contributed by atoms with van der Waals surface area (Å²) in [5.41, 5.74) is 1.19. The van der Waals surface area contributed by atoms with Crippen LogP contribution in [0.2, 0.25) is 0 Å². The van der Waals surface area contributed by atoms with Gasteiger partial charge >= 0.3 is 0 Å². The van der Waals surface area contributed by atoms with E-state index in [1.54, 1.807) is 7.11 Å². The van der Waals surface area contributed by atoms with Gasteiger partial charge in [0.2, 0.25) is 5.91 Å². The van der Waals surface area contributed by atoms with Gasteiger partial charge in [0.05, 0.1) is 20.2 Å². The van der Waals surface area contributed by atoms with Crippen molar-refractivity contribution in [2.24, 2.45) is 5.92 Å². The number of rotatable bonds is 10. The summed E-state index contributed by atoms with van der Waals surface area (Å²) in [4.78, 5) is 12.1. The molecule has 0 bridgehead atoms. The van der Waals surface area contributed by atoms with Gasteiger partial charge in [-0.15, -0.1) is 0 Å². The van der Waals surface area contributed by atoms with Gasteiger partial charge in [-0.2, -0.15) is 0 Å². The molecular weight excluding hydrogens is 328 g/mol. The molecule has 0 saturated carbocycles. The number of hydrogen-bond donors (Lipinski definition) is 2. The van der Waals surface area contributed by atoms with E-state index in [9.17, 15) is 4.79 Å². The second kappa shape index (κ2) is 10.5. The van der Waals surface area contributed by atoms with E-state index in [4.69, 9.17) is 9.47 Å². The number of ether oxygens (including phenoxy) is 2. The van der Waals surface area contributed by atoms with Gasteiger partial charge in [-0.3, -0.25) is 4.79 Å². The Bertz CT molecular complexity index is 674. The minimum atomic E-state index is -0.0461. The van der Waals surface area contributed by atoms with E-state index in [-0.39, 0.29) is 18.5 Å². The Morgan fingerprint density at radius 2 is 1.65 bits per heavy atom. The number of methoxy groups -OCH3 is 1. The molecule has 5 nitrogen and oxygen atoms in total. The molecule has 0 saturated heterocycles. The molecule has 0 aliphatic rings. The van der Waals surface area contributed by atoms with Gasteiger partial charge < -0.3 is 20.1 Å². The van der Waals surface area contributed by atoms with Gasteiger partial charge in [0.1, 0.15) is 6.61 Å². The van der Waals surface area contributed by atoms with Crippen molar-refractivity contribution < 1.29 is 14.3 Å². The number of carbonyl (C=O) groups is 1. The Kier molecular flexibility index (Phi) is 7.96. The average Bonchev–Trinajstić information content (AvgIpc) is 2.66. The predicted octanol–water partition coefficient (Wildman–Crippen LogP) is 3.18. The summed E-state index contributed by atoms with van der Waals surface area (Å²) in [5, 5.41) is 6.21. The summed E-state index contributed by atoms with van der Waals surface area (Å²) in [6.45, 7) is 5.38. The normalized spacial score (nSPS) is 11.8. The topological polar surface area (TPSA) is 59.6 Å². The second-order valence-electron chi connectivity index (χ2n) is 6.36. The summed E-state index contributed by atoms with van der Waals surface area (Å²) in [7, 11) is 1.60. The van der Waals surface area contributed by atoms with E-state index in [0.717, 1.165) is 0 Å². The molecule has 2 aromatic carbocycles. The van der Waals surface area contributed by atoms with Crippen molar-refractivity contribution in [2.45, 2.75) is 19.9 Å². The van der Waals surface area contributed by atoms with Gasteiger partial charge in [-0.05, 0) is 23.6 Å². The molecule has 0 heterocycles. The van der Waals surface area contributed by atoms with Crippen LogP contribution in [0.3, 0.4) is 0 Å². The first-order valence-corrected chi connectivity index (χ1v) is 8.92. The lowest BCUT2D eigenvalue weighted by Gasteiger charge is -2.22. The lowest BCUT2D eigenvalue weighted by Crippen LogP contribution is -2.38. The SMILES string of the molecule is COc1ccccc1OCCNC(=O)CN[C@@H](c1ccccc1)C(C)C. The molecule has 26 heavy (non-hydrogen) atoms. The maximum Gasteiger partial charge on any atom is 0.234 e.